The lowest BCUT2D eigenvalue weighted by molar-refractivity contribution is -0.274. The van der Waals surface area contributed by atoms with E-state index in [1.165, 1.54) is 30.6 Å². The number of pyridine rings is 1. The zero-order valence-corrected chi connectivity index (χ0v) is 16.8. The number of hydrogen-bond donors (Lipinski definition) is 1. The molecular formula is C22H22F3N3O2. The van der Waals surface area contributed by atoms with Crippen LogP contribution in [0.5, 0.6) is 5.75 Å². The van der Waals surface area contributed by atoms with E-state index >= 15 is 0 Å². The third-order valence-corrected chi connectivity index (χ3v) is 4.92. The van der Waals surface area contributed by atoms with Gasteiger partial charge < -0.3 is 9.84 Å². The number of rotatable bonds is 5. The van der Waals surface area contributed by atoms with Gasteiger partial charge in [-0.1, -0.05) is 39.0 Å². The van der Waals surface area contributed by atoms with E-state index in [9.17, 15) is 18.3 Å². The Hall–Kier alpha value is -3.00. The Morgan fingerprint density at radius 3 is 1.97 bits per heavy atom. The number of benzene rings is 1. The van der Waals surface area contributed by atoms with Crippen molar-refractivity contribution in [2.24, 2.45) is 5.41 Å². The van der Waals surface area contributed by atoms with Crippen LogP contribution in [0.2, 0.25) is 0 Å². The molecule has 3 aromatic rings. The molecule has 2 heterocycles. The van der Waals surface area contributed by atoms with Gasteiger partial charge in [-0.25, -0.2) is 9.97 Å². The average molecular weight is 417 g/mol. The van der Waals surface area contributed by atoms with Crippen molar-refractivity contribution in [2.75, 3.05) is 0 Å². The Bertz CT molecular complexity index is 970. The van der Waals surface area contributed by atoms with E-state index in [0.29, 0.717) is 16.8 Å². The molecule has 0 aliphatic heterocycles. The van der Waals surface area contributed by atoms with E-state index in [2.05, 4.69) is 19.7 Å². The number of halogens is 3. The zero-order valence-electron chi connectivity index (χ0n) is 16.8. The molecule has 2 aromatic heterocycles. The second kappa shape index (κ2) is 8.02. The second-order valence-electron chi connectivity index (χ2n) is 8.04. The van der Waals surface area contributed by atoms with Crippen molar-refractivity contribution in [1.82, 2.24) is 15.0 Å². The first-order valence-electron chi connectivity index (χ1n) is 9.27. The van der Waals surface area contributed by atoms with Gasteiger partial charge in [-0.3, -0.25) is 4.98 Å². The predicted octanol–water partition coefficient (Wildman–Crippen LogP) is 4.91. The lowest BCUT2D eigenvalue weighted by Gasteiger charge is -2.40. The summed E-state index contributed by atoms with van der Waals surface area (Å²) in [5.41, 5.74) is 0.839. The third kappa shape index (κ3) is 4.94. The molecular weight excluding hydrogens is 395 g/mol. The maximum absolute atomic E-state index is 12.3. The highest BCUT2D eigenvalue weighted by atomic mass is 19.4. The van der Waals surface area contributed by atoms with Crippen LogP contribution in [0.15, 0.2) is 61.3 Å². The monoisotopic (exact) mass is 417 g/mol. The Kier molecular flexibility index (Phi) is 5.81. The first-order chi connectivity index (χ1) is 14.0. The van der Waals surface area contributed by atoms with Crippen molar-refractivity contribution < 1.29 is 23.0 Å². The van der Waals surface area contributed by atoms with Gasteiger partial charge in [0.1, 0.15) is 17.7 Å². The molecule has 0 spiro atoms. The Labute approximate surface area is 172 Å². The van der Waals surface area contributed by atoms with E-state index in [1.807, 2.05) is 20.8 Å². The number of aliphatic hydroxyl groups is 1. The van der Waals surface area contributed by atoms with Gasteiger partial charge in [0.15, 0.2) is 0 Å². The largest absolute Gasteiger partial charge is 0.573 e. The molecule has 158 valence electrons. The van der Waals surface area contributed by atoms with Crippen LogP contribution in [0, 0.1) is 5.41 Å². The van der Waals surface area contributed by atoms with E-state index in [-0.39, 0.29) is 12.2 Å². The number of aromatic nitrogens is 3. The van der Waals surface area contributed by atoms with Gasteiger partial charge in [-0.2, -0.15) is 0 Å². The summed E-state index contributed by atoms with van der Waals surface area (Å²) < 4.78 is 40.8. The highest BCUT2D eigenvalue weighted by Crippen LogP contribution is 2.41. The van der Waals surface area contributed by atoms with Crippen molar-refractivity contribution >= 4 is 0 Å². The van der Waals surface area contributed by atoms with Crippen molar-refractivity contribution in [3.05, 3.63) is 72.6 Å². The molecule has 0 bridgehead atoms. The van der Waals surface area contributed by atoms with E-state index in [4.69, 9.17) is 0 Å². The number of ether oxygens (including phenoxy) is 1. The van der Waals surface area contributed by atoms with Crippen LogP contribution < -0.4 is 4.74 Å². The van der Waals surface area contributed by atoms with Crippen molar-refractivity contribution in [3.63, 3.8) is 0 Å². The lowest BCUT2D eigenvalue weighted by Crippen LogP contribution is -2.42. The summed E-state index contributed by atoms with van der Waals surface area (Å²) in [6.45, 7) is 5.77. The summed E-state index contributed by atoms with van der Waals surface area (Å²) in [5.74, 6) is -0.289. The molecule has 0 saturated heterocycles. The first-order valence-corrected chi connectivity index (χ1v) is 9.27. The smallest absolute Gasteiger partial charge is 0.406 e. The molecule has 0 aliphatic rings. The fourth-order valence-electron chi connectivity index (χ4n) is 3.11. The summed E-state index contributed by atoms with van der Waals surface area (Å²) in [6, 6.07) is 9.05. The van der Waals surface area contributed by atoms with Crippen molar-refractivity contribution in [2.45, 2.75) is 39.2 Å². The molecule has 1 unspecified atom stereocenters. The Balaban J connectivity index is 1.87. The summed E-state index contributed by atoms with van der Waals surface area (Å²) >= 11 is 0. The minimum absolute atomic E-state index is 0.285. The standard InChI is InChI=1S/C22H22F3N3O2/c1-20(2,3)21(29,10-15-11-26-14-27-12-15)19-9-6-17(13-28-19)16-4-7-18(8-5-16)30-22(23,24)25/h4-9,11-14,29H,10H2,1-3H3. The van der Waals surface area contributed by atoms with Crippen LogP contribution in [0.1, 0.15) is 32.0 Å². The second-order valence-corrected chi connectivity index (χ2v) is 8.04. The third-order valence-electron chi connectivity index (χ3n) is 4.92. The highest BCUT2D eigenvalue weighted by molar-refractivity contribution is 5.63. The minimum atomic E-state index is -4.73. The van der Waals surface area contributed by atoms with Crippen LogP contribution in [0.3, 0.4) is 0 Å². The van der Waals surface area contributed by atoms with Crippen molar-refractivity contribution in [3.8, 4) is 16.9 Å². The number of alkyl halides is 3. The summed E-state index contributed by atoms with van der Waals surface area (Å²) in [5, 5.41) is 11.5. The van der Waals surface area contributed by atoms with Crippen LogP contribution >= 0.6 is 0 Å². The zero-order chi connectivity index (χ0) is 22.0. The van der Waals surface area contributed by atoms with Gasteiger partial charge in [-0.05, 0) is 34.7 Å². The van der Waals surface area contributed by atoms with E-state index in [1.54, 1.807) is 30.7 Å². The molecule has 5 nitrogen and oxygen atoms in total. The quantitative estimate of drug-likeness (QED) is 0.639. The van der Waals surface area contributed by atoms with Crippen LogP contribution in [-0.2, 0) is 12.0 Å². The molecule has 0 amide bonds. The maximum Gasteiger partial charge on any atom is 0.573 e. The molecule has 30 heavy (non-hydrogen) atoms. The molecule has 8 heteroatoms. The molecule has 1 atom stereocenters. The van der Waals surface area contributed by atoms with Gasteiger partial charge in [0.25, 0.3) is 0 Å². The molecule has 0 fully saturated rings. The average Bonchev–Trinajstić information content (AvgIpc) is 2.67. The van der Waals surface area contributed by atoms with Gasteiger partial charge in [0.2, 0.25) is 0 Å². The lowest BCUT2D eigenvalue weighted by atomic mass is 9.71. The van der Waals surface area contributed by atoms with Gasteiger partial charge in [0.05, 0.1) is 5.69 Å². The Morgan fingerprint density at radius 2 is 1.47 bits per heavy atom. The highest BCUT2D eigenvalue weighted by Gasteiger charge is 2.43. The molecule has 1 N–H and O–H groups in total. The minimum Gasteiger partial charge on any atom is -0.406 e. The molecule has 1 aromatic carbocycles. The maximum atomic E-state index is 12.3. The summed E-state index contributed by atoms with van der Waals surface area (Å²) in [4.78, 5) is 12.5. The van der Waals surface area contributed by atoms with E-state index in [0.717, 1.165) is 5.56 Å². The first kappa shape index (κ1) is 21.7. The van der Waals surface area contributed by atoms with Crippen LogP contribution in [0.25, 0.3) is 11.1 Å². The summed E-state index contributed by atoms with van der Waals surface area (Å²) in [6.07, 6.45) is 1.88. The fourth-order valence-corrected chi connectivity index (χ4v) is 3.11. The van der Waals surface area contributed by atoms with Gasteiger partial charge >= 0.3 is 6.36 Å². The molecule has 3 rings (SSSR count). The van der Waals surface area contributed by atoms with Crippen LogP contribution in [-0.4, -0.2) is 26.4 Å². The Morgan fingerprint density at radius 1 is 0.867 bits per heavy atom. The molecule has 0 saturated carbocycles. The summed E-state index contributed by atoms with van der Waals surface area (Å²) in [7, 11) is 0. The number of nitrogens with zero attached hydrogens (tertiary/aromatic N) is 3. The fraction of sp³-hybridized carbons (Fsp3) is 0.318. The molecule has 0 aliphatic carbocycles. The van der Waals surface area contributed by atoms with Crippen molar-refractivity contribution in [1.29, 1.82) is 0 Å². The predicted molar refractivity (Wildman–Crippen MR) is 105 cm³/mol. The van der Waals surface area contributed by atoms with Gasteiger partial charge in [-0.15, -0.1) is 13.2 Å². The van der Waals surface area contributed by atoms with Crippen LogP contribution in [0.4, 0.5) is 13.2 Å². The normalized spacial score (nSPS) is 14.2. The van der Waals surface area contributed by atoms with E-state index < -0.39 is 17.4 Å². The topological polar surface area (TPSA) is 68.1 Å². The van der Waals surface area contributed by atoms with Gasteiger partial charge in [0, 0.05) is 30.6 Å². The SMILES string of the molecule is CC(C)(C)C(O)(Cc1cncnc1)c1ccc(-c2ccc(OC(F)(F)F)cc2)cn1. The number of hydrogen-bond acceptors (Lipinski definition) is 5. The molecule has 0 radical (unpaired) electrons.